The highest BCUT2D eigenvalue weighted by atomic mass is 16.5. The molecule has 0 aromatic heterocycles. The highest BCUT2D eigenvalue weighted by Gasteiger charge is 2.32. The quantitative estimate of drug-likeness (QED) is 0.705. The number of urea groups is 1. The first kappa shape index (κ1) is 15.8. The lowest BCUT2D eigenvalue weighted by Crippen LogP contribution is -2.52. The molecule has 0 aromatic rings. The maximum Gasteiger partial charge on any atom is 0.326 e. The summed E-state index contributed by atoms with van der Waals surface area (Å²) in [5, 5.41) is 14.3. The summed E-state index contributed by atoms with van der Waals surface area (Å²) in [5.41, 5.74) is -0.530. The average Bonchev–Trinajstić information content (AvgIpc) is 2.77. The highest BCUT2D eigenvalue weighted by Crippen LogP contribution is 2.19. The predicted molar refractivity (Wildman–Crippen MR) is 71.0 cm³/mol. The zero-order valence-electron chi connectivity index (χ0n) is 11.9. The Bertz CT molecular complexity index is 319. The van der Waals surface area contributed by atoms with Crippen molar-refractivity contribution in [3.05, 3.63) is 0 Å². The molecule has 1 unspecified atom stereocenters. The Hall–Kier alpha value is -1.30. The van der Waals surface area contributed by atoms with E-state index >= 15 is 0 Å². The van der Waals surface area contributed by atoms with Gasteiger partial charge >= 0.3 is 12.0 Å². The van der Waals surface area contributed by atoms with Gasteiger partial charge in [-0.2, -0.15) is 0 Å². The van der Waals surface area contributed by atoms with E-state index in [2.05, 4.69) is 10.6 Å². The van der Waals surface area contributed by atoms with Gasteiger partial charge in [-0.05, 0) is 24.7 Å². The van der Waals surface area contributed by atoms with Crippen molar-refractivity contribution in [2.45, 2.75) is 52.2 Å². The van der Waals surface area contributed by atoms with Crippen molar-refractivity contribution in [1.29, 1.82) is 0 Å². The predicted octanol–water partition coefficient (Wildman–Crippen LogP) is 1.35. The Morgan fingerprint density at radius 3 is 2.58 bits per heavy atom. The Kier molecular flexibility index (Phi) is 5.60. The van der Waals surface area contributed by atoms with Crippen LogP contribution >= 0.6 is 0 Å². The number of hydrogen-bond acceptors (Lipinski definition) is 3. The molecule has 0 bridgehead atoms. The summed E-state index contributed by atoms with van der Waals surface area (Å²) in [7, 11) is 0. The first-order valence-electron chi connectivity index (χ1n) is 6.69. The Morgan fingerprint density at radius 2 is 2.11 bits per heavy atom. The normalized spacial score (nSPS) is 20.9. The van der Waals surface area contributed by atoms with Crippen LogP contribution in [0.3, 0.4) is 0 Å². The molecule has 19 heavy (non-hydrogen) atoms. The molecule has 0 radical (unpaired) electrons. The van der Waals surface area contributed by atoms with Gasteiger partial charge in [0.25, 0.3) is 0 Å². The summed E-state index contributed by atoms with van der Waals surface area (Å²) in [6.07, 6.45) is 3.09. The third-order valence-electron chi connectivity index (χ3n) is 3.16. The van der Waals surface area contributed by atoms with Gasteiger partial charge in [-0.3, -0.25) is 0 Å². The van der Waals surface area contributed by atoms with Gasteiger partial charge in [0.2, 0.25) is 0 Å². The lowest BCUT2D eigenvalue weighted by Gasteiger charge is -2.27. The van der Waals surface area contributed by atoms with E-state index in [0.717, 1.165) is 25.9 Å². The maximum atomic E-state index is 11.7. The van der Waals surface area contributed by atoms with E-state index < -0.39 is 23.5 Å². The second kappa shape index (κ2) is 6.75. The van der Waals surface area contributed by atoms with Crippen molar-refractivity contribution in [3.63, 3.8) is 0 Å². The summed E-state index contributed by atoms with van der Waals surface area (Å²) in [6, 6.07) is -1.35. The summed E-state index contributed by atoms with van der Waals surface area (Å²) >= 11 is 0. The van der Waals surface area contributed by atoms with Crippen molar-refractivity contribution >= 4 is 12.0 Å². The van der Waals surface area contributed by atoms with Crippen molar-refractivity contribution in [1.82, 2.24) is 10.6 Å². The molecule has 1 aliphatic rings. The van der Waals surface area contributed by atoms with Gasteiger partial charge < -0.3 is 20.5 Å². The number of amides is 2. The number of carboxylic acids is 1. The number of carbonyl (C=O) groups excluding carboxylic acids is 1. The first-order chi connectivity index (χ1) is 8.80. The molecule has 3 N–H and O–H groups in total. The van der Waals surface area contributed by atoms with Crippen LogP contribution in [0.5, 0.6) is 0 Å². The number of carbonyl (C=O) groups is 2. The van der Waals surface area contributed by atoms with E-state index in [1.807, 2.05) is 0 Å². The molecule has 2 atom stereocenters. The van der Waals surface area contributed by atoms with Crippen LogP contribution in [0.15, 0.2) is 0 Å². The van der Waals surface area contributed by atoms with E-state index in [1.54, 1.807) is 20.8 Å². The fourth-order valence-electron chi connectivity index (χ4n) is 2.05. The monoisotopic (exact) mass is 272 g/mol. The molecule has 1 heterocycles. The largest absolute Gasteiger partial charge is 0.480 e. The molecule has 0 saturated carbocycles. The van der Waals surface area contributed by atoms with Crippen LogP contribution in [0.1, 0.15) is 40.0 Å². The van der Waals surface area contributed by atoms with Gasteiger partial charge in [0, 0.05) is 13.2 Å². The second-order valence-electron chi connectivity index (χ2n) is 5.96. The topological polar surface area (TPSA) is 87.7 Å². The number of nitrogens with one attached hydrogen (secondary N) is 2. The maximum absolute atomic E-state index is 11.7. The summed E-state index contributed by atoms with van der Waals surface area (Å²) in [6.45, 7) is 6.62. The molecule has 2 amide bonds. The first-order valence-corrected chi connectivity index (χ1v) is 6.69. The molecular weight excluding hydrogens is 248 g/mol. The Labute approximate surface area is 113 Å². The molecule has 110 valence electrons. The van der Waals surface area contributed by atoms with Gasteiger partial charge in [0.05, 0.1) is 6.10 Å². The minimum atomic E-state index is -1.03. The second-order valence-corrected chi connectivity index (χ2v) is 5.96. The smallest absolute Gasteiger partial charge is 0.326 e. The number of hydrogen-bond donors (Lipinski definition) is 3. The lowest BCUT2D eigenvalue weighted by atomic mass is 9.87. The molecule has 0 aliphatic carbocycles. The molecular formula is C13H24N2O4. The van der Waals surface area contributed by atoms with Gasteiger partial charge in [0.15, 0.2) is 0 Å². The van der Waals surface area contributed by atoms with Gasteiger partial charge in [-0.25, -0.2) is 9.59 Å². The average molecular weight is 272 g/mol. The van der Waals surface area contributed by atoms with Crippen LogP contribution in [-0.2, 0) is 9.53 Å². The standard InChI is InChI=1S/C13H24N2O4/c1-13(2,3)10(11(16)17)15-12(18)14-7-6-9-5-4-8-19-9/h9-10H,4-8H2,1-3H3,(H,16,17)(H2,14,15,18)/t9?,10-/m1/s1. The summed E-state index contributed by atoms with van der Waals surface area (Å²) in [4.78, 5) is 22.8. The van der Waals surface area contributed by atoms with Crippen LogP contribution in [0.4, 0.5) is 4.79 Å². The highest BCUT2D eigenvalue weighted by molar-refractivity contribution is 5.83. The molecule has 6 nitrogen and oxygen atoms in total. The molecule has 1 rings (SSSR count). The summed E-state index contributed by atoms with van der Waals surface area (Å²) in [5.74, 6) is -1.03. The molecule has 6 heteroatoms. The number of rotatable bonds is 5. The summed E-state index contributed by atoms with van der Waals surface area (Å²) < 4.78 is 5.44. The van der Waals surface area contributed by atoms with Crippen molar-refractivity contribution in [3.8, 4) is 0 Å². The van der Waals surface area contributed by atoms with E-state index in [4.69, 9.17) is 9.84 Å². The molecule has 1 aliphatic heterocycles. The van der Waals surface area contributed by atoms with Crippen LogP contribution in [-0.4, -0.2) is 42.4 Å². The minimum Gasteiger partial charge on any atom is -0.480 e. The third-order valence-corrected chi connectivity index (χ3v) is 3.16. The van der Waals surface area contributed by atoms with Gasteiger partial charge in [0.1, 0.15) is 6.04 Å². The molecule has 0 spiro atoms. The Balaban J connectivity index is 2.30. The number of aliphatic carboxylic acids is 1. The van der Waals surface area contributed by atoms with Gasteiger partial charge in [-0.1, -0.05) is 20.8 Å². The molecule has 1 saturated heterocycles. The lowest BCUT2D eigenvalue weighted by molar-refractivity contribution is -0.141. The minimum absolute atomic E-state index is 0.221. The van der Waals surface area contributed by atoms with E-state index in [-0.39, 0.29) is 6.10 Å². The third kappa shape index (κ3) is 5.46. The van der Waals surface area contributed by atoms with Crippen LogP contribution < -0.4 is 10.6 Å². The number of ether oxygens (including phenoxy) is 1. The fourth-order valence-corrected chi connectivity index (χ4v) is 2.05. The van der Waals surface area contributed by atoms with Crippen LogP contribution in [0, 0.1) is 5.41 Å². The zero-order valence-corrected chi connectivity index (χ0v) is 11.9. The zero-order chi connectivity index (χ0) is 14.5. The van der Waals surface area contributed by atoms with Crippen molar-refractivity contribution in [2.75, 3.05) is 13.2 Å². The van der Waals surface area contributed by atoms with Gasteiger partial charge in [-0.15, -0.1) is 0 Å². The SMILES string of the molecule is CC(C)(C)[C@H](NC(=O)NCCC1CCCO1)C(=O)O. The number of carboxylic acid groups (broad SMARTS) is 1. The van der Waals surface area contributed by atoms with Crippen LogP contribution in [0.25, 0.3) is 0 Å². The van der Waals surface area contributed by atoms with Crippen LogP contribution in [0.2, 0.25) is 0 Å². The molecule has 1 fully saturated rings. The fraction of sp³-hybridized carbons (Fsp3) is 0.846. The van der Waals surface area contributed by atoms with E-state index in [9.17, 15) is 9.59 Å². The van der Waals surface area contributed by atoms with E-state index in [0.29, 0.717) is 6.54 Å². The van der Waals surface area contributed by atoms with Crippen molar-refractivity contribution < 1.29 is 19.4 Å². The van der Waals surface area contributed by atoms with Crippen molar-refractivity contribution in [2.24, 2.45) is 5.41 Å². The molecule has 0 aromatic carbocycles. The van der Waals surface area contributed by atoms with E-state index in [1.165, 1.54) is 0 Å². The Morgan fingerprint density at radius 1 is 1.42 bits per heavy atom.